The normalized spacial score (nSPS) is 15.2. The Morgan fingerprint density at radius 3 is 2.64 bits per heavy atom. The van der Waals surface area contributed by atoms with Gasteiger partial charge in [0.05, 0.1) is 20.3 Å². The second-order valence-electron chi connectivity index (χ2n) is 6.27. The number of piperidine rings is 1. The Hall–Kier alpha value is -1.79. The molecule has 1 heterocycles. The number of likely N-dealkylation sites (tertiary alicyclic amines) is 1. The maximum absolute atomic E-state index is 12.5. The minimum absolute atomic E-state index is 0.185. The zero-order valence-electron chi connectivity index (χ0n) is 15.3. The van der Waals surface area contributed by atoms with Crippen molar-refractivity contribution < 1.29 is 19.0 Å². The van der Waals surface area contributed by atoms with E-state index >= 15 is 0 Å². The number of aryl methyl sites for hydroxylation is 1. The van der Waals surface area contributed by atoms with Gasteiger partial charge in [-0.1, -0.05) is 0 Å². The lowest BCUT2D eigenvalue weighted by Crippen LogP contribution is -2.41. The molecule has 1 aliphatic rings. The van der Waals surface area contributed by atoms with E-state index in [-0.39, 0.29) is 12.0 Å². The lowest BCUT2D eigenvalue weighted by molar-refractivity contribution is -0.133. The molecule has 1 fully saturated rings. The third kappa shape index (κ3) is 5.90. The topological polar surface area (TPSA) is 74.0 Å². The SMILES string of the molecule is COc1ccc(OC)c(CCC(=O)N2CCC(OCCCN)CC2)c1. The first-order chi connectivity index (χ1) is 12.2. The molecule has 0 aliphatic carbocycles. The molecule has 0 saturated carbocycles. The molecule has 6 nitrogen and oxygen atoms in total. The average molecular weight is 350 g/mol. The molecule has 2 rings (SSSR count). The summed E-state index contributed by atoms with van der Waals surface area (Å²) in [4.78, 5) is 14.4. The number of amides is 1. The Morgan fingerprint density at radius 1 is 1.24 bits per heavy atom. The van der Waals surface area contributed by atoms with E-state index in [1.807, 2.05) is 23.1 Å². The number of hydrogen-bond donors (Lipinski definition) is 1. The molecule has 6 heteroatoms. The van der Waals surface area contributed by atoms with Crippen LogP contribution in [-0.2, 0) is 16.0 Å². The van der Waals surface area contributed by atoms with Crippen LogP contribution in [-0.4, -0.2) is 57.4 Å². The van der Waals surface area contributed by atoms with Gasteiger partial charge in [0.25, 0.3) is 0 Å². The van der Waals surface area contributed by atoms with Crippen LogP contribution in [0.25, 0.3) is 0 Å². The van der Waals surface area contributed by atoms with E-state index in [2.05, 4.69) is 0 Å². The number of carbonyl (C=O) groups is 1. The van der Waals surface area contributed by atoms with Gasteiger partial charge in [-0.15, -0.1) is 0 Å². The fourth-order valence-electron chi connectivity index (χ4n) is 3.08. The number of methoxy groups -OCH3 is 2. The summed E-state index contributed by atoms with van der Waals surface area (Å²) in [7, 11) is 3.28. The van der Waals surface area contributed by atoms with Crippen LogP contribution in [0, 0.1) is 0 Å². The number of ether oxygens (including phenoxy) is 3. The number of nitrogens with two attached hydrogens (primary N) is 1. The largest absolute Gasteiger partial charge is 0.497 e. The van der Waals surface area contributed by atoms with Gasteiger partial charge in [-0.3, -0.25) is 4.79 Å². The highest BCUT2D eigenvalue weighted by atomic mass is 16.5. The number of nitrogens with zero attached hydrogens (tertiary/aromatic N) is 1. The molecule has 0 aromatic heterocycles. The fourth-order valence-corrected chi connectivity index (χ4v) is 3.08. The first kappa shape index (κ1) is 19.5. The second kappa shape index (κ2) is 10.3. The standard InChI is InChI=1S/C19H30N2O4/c1-23-17-5-6-18(24-2)15(14-17)4-7-19(22)21-11-8-16(9-12-21)25-13-3-10-20/h5-6,14,16H,3-4,7-13,20H2,1-2H3. The van der Waals surface area contributed by atoms with Gasteiger partial charge in [0.1, 0.15) is 11.5 Å². The molecule has 0 radical (unpaired) electrons. The Kier molecular flexibility index (Phi) is 8.01. The molecule has 1 saturated heterocycles. The molecule has 0 unspecified atom stereocenters. The van der Waals surface area contributed by atoms with Crippen LogP contribution in [0.1, 0.15) is 31.2 Å². The molecule has 1 aromatic rings. The molecule has 1 aromatic carbocycles. The lowest BCUT2D eigenvalue weighted by atomic mass is 10.0. The number of carbonyl (C=O) groups excluding carboxylic acids is 1. The molecule has 2 N–H and O–H groups in total. The Morgan fingerprint density at radius 2 is 2.00 bits per heavy atom. The summed E-state index contributed by atoms with van der Waals surface area (Å²) in [5.41, 5.74) is 6.47. The van der Waals surface area contributed by atoms with Gasteiger partial charge in [0.2, 0.25) is 5.91 Å². The summed E-state index contributed by atoms with van der Waals surface area (Å²) in [6.45, 7) is 2.90. The van der Waals surface area contributed by atoms with Gasteiger partial charge in [0, 0.05) is 26.1 Å². The Bertz CT molecular complexity index is 542. The smallest absolute Gasteiger partial charge is 0.222 e. The first-order valence-corrected chi connectivity index (χ1v) is 8.98. The number of benzene rings is 1. The van der Waals surface area contributed by atoms with Crippen molar-refractivity contribution in [2.24, 2.45) is 5.73 Å². The number of rotatable bonds is 9. The lowest BCUT2D eigenvalue weighted by Gasteiger charge is -2.32. The predicted molar refractivity (Wildman–Crippen MR) is 97.1 cm³/mol. The van der Waals surface area contributed by atoms with Crippen LogP contribution in [0.5, 0.6) is 11.5 Å². The van der Waals surface area contributed by atoms with E-state index in [0.717, 1.165) is 49.4 Å². The summed E-state index contributed by atoms with van der Waals surface area (Å²) in [5.74, 6) is 1.75. The van der Waals surface area contributed by atoms with Gasteiger partial charge in [-0.05, 0) is 56.0 Å². The molecule has 25 heavy (non-hydrogen) atoms. The minimum atomic E-state index is 0.185. The van der Waals surface area contributed by atoms with Gasteiger partial charge < -0.3 is 24.8 Å². The van der Waals surface area contributed by atoms with Crippen LogP contribution in [0.15, 0.2) is 18.2 Å². The van der Waals surface area contributed by atoms with Crippen molar-refractivity contribution in [1.29, 1.82) is 0 Å². The van der Waals surface area contributed by atoms with Crippen LogP contribution < -0.4 is 15.2 Å². The van der Waals surface area contributed by atoms with Gasteiger partial charge in [-0.25, -0.2) is 0 Å². The van der Waals surface area contributed by atoms with Crippen molar-refractivity contribution >= 4 is 5.91 Å². The van der Waals surface area contributed by atoms with Crippen LogP contribution in [0.2, 0.25) is 0 Å². The molecule has 140 valence electrons. The van der Waals surface area contributed by atoms with Gasteiger partial charge >= 0.3 is 0 Å². The van der Waals surface area contributed by atoms with Gasteiger partial charge in [-0.2, -0.15) is 0 Å². The molecule has 1 aliphatic heterocycles. The zero-order chi connectivity index (χ0) is 18.1. The van der Waals surface area contributed by atoms with Crippen molar-refractivity contribution in [2.45, 2.75) is 38.2 Å². The number of hydrogen-bond acceptors (Lipinski definition) is 5. The minimum Gasteiger partial charge on any atom is -0.497 e. The third-order valence-corrected chi connectivity index (χ3v) is 4.59. The van der Waals surface area contributed by atoms with E-state index in [4.69, 9.17) is 19.9 Å². The van der Waals surface area contributed by atoms with E-state index in [1.54, 1.807) is 14.2 Å². The molecule has 1 amide bonds. The Balaban J connectivity index is 1.79. The average Bonchev–Trinajstić information content (AvgIpc) is 2.66. The summed E-state index contributed by atoms with van der Waals surface area (Å²) in [5, 5.41) is 0. The highest BCUT2D eigenvalue weighted by Gasteiger charge is 2.23. The fraction of sp³-hybridized carbons (Fsp3) is 0.632. The molecular formula is C19H30N2O4. The summed E-state index contributed by atoms with van der Waals surface area (Å²) < 4.78 is 16.4. The van der Waals surface area contributed by atoms with E-state index < -0.39 is 0 Å². The summed E-state index contributed by atoms with van der Waals surface area (Å²) in [6, 6.07) is 5.67. The molecule has 0 spiro atoms. The van der Waals surface area contributed by atoms with Crippen LogP contribution >= 0.6 is 0 Å². The monoisotopic (exact) mass is 350 g/mol. The first-order valence-electron chi connectivity index (χ1n) is 8.98. The highest BCUT2D eigenvalue weighted by molar-refractivity contribution is 5.76. The van der Waals surface area contributed by atoms with Crippen molar-refractivity contribution in [2.75, 3.05) is 40.5 Å². The third-order valence-electron chi connectivity index (χ3n) is 4.59. The summed E-state index contributed by atoms with van der Waals surface area (Å²) in [6.07, 6.45) is 4.07. The second-order valence-corrected chi connectivity index (χ2v) is 6.27. The summed E-state index contributed by atoms with van der Waals surface area (Å²) >= 11 is 0. The van der Waals surface area contributed by atoms with Crippen molar-refractivity contribution in [3.63, 3.8) is 0 Å². The van der Waals surface area contributed by atoms with Crippen molar-refractivity contribution in [3.8, 4) is 11.5 Å². The quantitative estimate of drug-likeness (QED) is 0.690. The zero-order valence-corrected chi connectivity index (χ0v) is 15.3. The van der Waals surface area contributed by atoms with E-state index in [0.29, 0.717) is 26.0 Å². The van der Waals surface area contributed by atoms with Gasteiger partial charge in [0.15, 0.2) is 0 Å². The maximum atomic E-state index is 12.5. The predicted octanol–water partition coefficient (Wildman–Crippen LogP) is 1.99. The van der Waals surface area contributed by atoms with Crippen molar-refractivity contribution in [3.05, 3.63) is 23.8 Å². The highest BCUT2D eigenvalue weighted by Crippen LogP contribution is 2.25. The van der Waals surface area contributed by atoms with Crippen LogP contribution in [0.4, 0.5) is 0 Å². The molecular weight excluding hydrogens is 320 g/mol. The van der Waals surface area contributed by atoms with Crippen LogP contribution in [0.3, 0.4) is 0 Å². The van der Waals surface area contributed by atoms with E-state index in [9.17, 15) is 4.79 Å². The molecule has 0 atom stereocenters. The molecule has 0 bridgehead atoms. The van der Waals surface area contributed by atoms with E-state index in [1.165, 1.54) is 0 Å². The maximum Gasteiger partial charge on any atom is 0.222 e. The Labute approximate surface area is 150 Å². The van der Waals surface area contributed by atoms with Crippen molar-refractivity contribution in [1.82, 2.24) is 4.90 Å².